The third-order valence-corrected chi connectivity index (χ3v) is 5.72. The van der Waals surface area contributed by atoms with Gasteiger partial charge in [0.2, 0.25) is 0 Å². The van der Waals surface area contributed by atoms with E-state index in [0.717, 1.165) is 29.9 Å². The Morgan fingerprint density at radius 1 is 1.03 bits per heavy atom. The van der Waals surface area contributed by atoms with Crippen molar-refractivity contribution < 1.29 is 4.79 Å². The summed E-state index contributed by atoms with van der Waals surface area (Å²) in [4.78, 5) is 19.2. The molecule has 0 aliphatic carbocycles. The molecule has 1 N–H and O–H groups in total. The average Bonchev–Trinajstić information content (AvgIpc) is 3.26. The highest BCUT2D eigenvalue weighted by Crippen LogP contribution is 2.30. The molecule has 6 heteroatoms. The summed E-state index contributed by atoms with van der Waals surface area (Å²) in [6.07, 6.45) is 9.45. The van der Waals surface area contributed by atoms with Crippen LogP contribution in [-0.4, -0.2) is 42.0 Å². The third-order valence-electron chi connectivity index (χ3n) is 5.72. The summed E-state index contributed by atoms with van der Waals surface area (Å²) in [5, 5.41) is 6.97. The van der Waals surface area contributed by atoms with Crippen LogP contribution in [0.3, 0.4) is 0 Å². The van der Waals surface area contributed by atoms with E-state index in [1.165, 1.54) is 30.5 Å². The second-order valence-corrected chi connectivity index (χ2v) is 7.97. The van der Waals surface area contributed by atoms with Crippen molar-refractivity contribution in [3.05, 3.63) is 77.6 Å². The summed E-state index contributed by atoms with van der Waals surface area (Å²) in [7, 11) is 3.55. The molecule has 0 saturated carbocycles. The second kappa shape index (κ2) is 10.1. The van der Waals surface area contributed by atoms with Crippen molar-refractivity contribution in [1.29, 1.82) is 0 Å². The lowest BCUT2D eigenvalue weighted by atomic mass is 9.99. The van der Waals surface area contributed by atoms with E-state index in [4.69, 9.17) is 0 Å². The van der Waals surface area contributed by atoms with Crippen LogP contribution in [0.5, 0.6) is 0 Å². The maximum absolute atomic E-state index is 12.4. The standard InChI is InChI=1S/C26H29N5O/c1-27-19-21(23-8-4-5-9-24(23)31-16-6-3-7-17-31)18-20-10-12-22(13-11-20)29-26(32)25-14-15-28-30(25)2/h4-5,8-15,18-19H,3,6-7,16-17H2,1-2H3,(H,29,32)/b21-18+,27-19?. The molecule has 0 unspecified atom stereocenters. The molecule has 4 rings (SSSR count). The molecule has 2 heterocycles. The van der Waals surface area contributed by atoms with Gasteiger partial charge in [-0.25, -0.2) is 0 Å². The summed E-state index contributed by atoms with van der Waals surface area (Å²) >= 11 is 0. The number of amides is 1. The van der Waals surface area contributed by atoms with Gasteiger partial charge in [-0.2, -0.15) is 5.10 Å². The van der Waals surface area contributed by atoms with Gasteiger partial charge in [-0.15, -0.1) is 0 Å². The maximum atomic E-state index is 12.4. The molecule has 1 amide bonds. The van der Waals surface area contributed by atoms with Gasteiger partial charge in [0.1, 0.15) is 5.69 Å². The van der Waals surface area contributed by atoms with Crippen molar-refractivity contribution in [2.45, 2.75) is 19.3 Å². The molecule has 0 bridgehead atoms. The highest BCUT2D eigenvalue weighted by Gasteiger charge is 2.16. The Morgan fingerprint density at radius 2 is 1.78 bits per heavy atom. The van der Waals surface area contributed by atoms with Crippen LogP contribution in [0.4, 0.5) is 11.4 Å². The smallest absolute Gasteiger partial charge is 0.273 e. The number of rotatable bonds is 6. The zero-order chi connectivity index (χ0) is 22.3. The van der Waals surface area contributed by atoms with Gasteiger partial charge < -0.3 is 10.2 Å². The van der Waals surface area contributed by atoms with Crippen LogP contribution in [0, 0.1) is 0 Å². The molecule has 3 aromatic rings. The van der Waals surface area contributed by atoms with Gasteiger partial charge in [0.15, 0.2) is 0 Å². The predicted octanol–water partition coefficient (Wildman–Crippen LogP) is 4.90. The minimum Gasteiger partial charge on any atom is -0.371 e. The van der Waals surface area contributed by atoms with Gasteiger partial charge >= 0.3 is 0 Å². The van der Waals surface area contributed by atoms with Gasteiger partial charge in [-0.05, 0) is 55.2 Å². The van der Waals surface area contributed by atoms with E-state index in [9.17, 15) is 4.79 Å². The molecule has 164 valence electrons. The highest BCUT2D eigenvalue weighted by molar-refractivity contribution is 6.17. The summed E-state index contributed by atoms with van der Waals surface area (Å²) in [6.45, 7) is 2.19. The number of allylic oxidation sites excluding steroid dienone is 1. The normalized spacial score (nSPS) is 14.7. The fraction of sp³-hybridized carbons (Fsp3) is 0.269. The first-order valence-electron chi connectivity index (χ1n) is 11.0. The van der Waals surface area contributed by atoms with E-state index in [-0.39, 0.29) is 5.91 Å². The number of carbonyl (C=O) groups is 1. The minimum absolute atomic E-state index is 0.178. The molecule has 6 nitrogen and oxygen atoms in total. The van der Waals surface area contributed by atoms with Gasteiger partial charge in [0, 0.05) is 62.1 Å². The van der Waals surface area contributed by atoms with Crippen LogP contribution >= 0.6 is 0 Å². The number of nitrogens with one attached hydrogen (secondary N) is 1. The number of nitrogens with zero attached hydrogens (tertiary/aromatic N) is 4. The Bertz CT molecular complexity index is 1120. The molecule has 1 saturated heterocycles. The number of aliphatic imine (C=N–C) groups is 1. The van der Waals surface area contributed by atoms with Crippen LogP contribution in [0.2, 0.25) is 0 Å². The molecular formula is C26H29N5O. The molecule has 0 atom stereocenters. The molecule has 1 aliphatic heterocycles. The van der Waals surface area contributed by atoms with Crippen molar-refractivity contribution in [3.8, 4) is 0 Å². The number of anilines is 2. The van der Waals surface area contributed by atoms with E-state index in [1.54, 1.807) is 31.0 Å². The average molecular weight is 428 g/mol. The van der Waals surface area contributed by atoms with E-state index >= 15 is 0 Å². The van der Waals surface area contributed by atoms with E-state index in [0.29, 0.717) is 5.69 Å². The zero-order valence-corrected chi connectivity index (χ0v) is 18.7. The zero-order valence-electron chi connectivity index (χ0n) is 18.7. The number of carbonyl (C=O) groups excluding carboxylic acids is 1. The SMILES string of the molecule is CN=C/C(=C\c1ccc(NC(=O)c2ccnn2C)cc1)c1ccccc1N1CCCCC1. The van der Waals surface area contributed by atoms with Crippen LogP contribution in [-0.2, 0) is 7.05 Å². The molecular weight excluding hydrogens is 398 g/mol. The molecule has 1 aliphatic rings. The number of para-hydroxylation sites is 1. The third kappa shape index (κ3) is 4.97. The first-order valence-corrected chi connectivity index (χ1v) is 11.0. The molecule has 32 heavy (non-hydrogen) atoms. The highest BCUT2D eigenvalue weighted by atomic mass is 16.2. The largest absolute Gasteiger partial charge is 0.371 e. The molecule has 0 radical (unpaired) electrons. The quantitative estimate of drug-likeness (QED) is 0.449. The summed E-state index contributed by atoms with van der Waals surface area (Å²) < 4.78 is 1.56. The van der Waals surface area contributed by atoms with Crippen molar-refractivity contribution in [3.63, 3.8) is 0 Å². The lowest BCUT2D eigenvalue weighted by Gasteiger charge is -2.30. The van der Waals surface area contributed by atoms with Crippen molar-refractivity contribution in [2.75, 3.05) is 30.4 Å². The van der Waals surface area contributed by atoms with Gasteiger partial charge in [-0.3, -0.25) is 14.5 Å². The Kier molecular flexibility index (Phi) is 6.80. The first-order chi connectivity index (χ1) is 15.7. The van der Waals surface area contributed by atoms with Gasteiger partial charge in [0.05, 0.1) is 0 Å². The Balaban J connectivity index is 1.57. The van der Waals surface area contributed by atoms with Gasteiger partial charge in [0.25, 0.3) is 5.91 Å². The van der Waals surface area contributed by atoms with Crippen LogP contribution in [0.25, 0.3) is 11.6 Å². The number of hydrogen-bond acceptors (Lipinski definition) is 4. The minimum atomic E-state index is -0.178. The summed E-state index contributed by atoms with van der Waals surface area (Å²) in [5.41, 5.74) is 5.83. The Labute approximate surface area is 189 Å². The fourth-order valence-corrected chi connectivity index (χ4v) is 4.09. The number of aromatic nitrogens is 2. The number of hydrogen-bond donors (Lipinski definition) is 1. The fourth-order valence-electron chi connectivity index (χ4n) is 4.09. The Hall–Kier alpha value is -3.67. The molecule has 1 fully saturated rings. The lowest BCUT2D eigenvalue weighted by molar-refractivity contribution is 0.101. The molecule has 1 aromatic heterocycles. The van der Waals surface area contributed by atoms with Crippen LogP contribution < -0.4 is 10.2 Å². The topological polar surface area (TPSA) is 62.5 Å². The monoisotopic (exact) mass is 427 g/mol. The van der Waals surface area contributed by atoms with E-state index < -0.39 is 0 Å². The Morgan fingerprint density at radius 3 is 2.47 bits per heavy atom. The second-order valence-electron chi connectivity index (χ2n) is 7.97. The maximum Gasteiger partial charge on any atom is 0.273 e. The lowest BCUT2D eigenvalue weighted by Crippen LogP contribution is -2.30. The van der Waals surface area contributed by atoms with Crippen LogP contribution in [0.15, 0.2) is 65.8 Å². The van der Waals surface area contributed by atoms with Crippen molar-refractivity contribution >= 4 is 35.1 Å². The van der Waals surface area contributed by atoms with Crippen LogP contribution in [0.1, 0.15) is 40.9 Å². The number of piperidine rings is 1. The van der Waals surface area contributed by atoms with E-state index in [1.807, 2.05) is 30.5 Å². The van der Waals surface area contributed by atoms with Crippen molar-refractivity contribution in [1.82, 2.24) is 9.78 Å². The predicted molar refractivity (Wildman–Crippen MR) is 132 cm³/mol. The van der Waals surface area contributed by atoms with Crippen molar-refractivity contribution in [2.24, 2.45) is 12.0 Å². The number of benzene rings is 2. The first kappa shape index (κ1) is 21.6. The number of aryl methyl sites for hydroxylation is 1. The molecule has 0 spiro atoms. The summed E-state index contributed by atoms with van der Waals surface area (Å²) in [5.74, 6) is -0.178. The summed E-state index contributed by atoms with van der Waals surface area (Å²) in [6, 6.07) is 18.1. The van der Waals surface area contributed by atoms with E-state index in [2.05, 4.69) is 50.6 Å². The molecule has 2 aromatic carbocycles. The van der Waals surface area contributed by atoms with Gasteiger partial charge in [-0.1, -0.05) is 30.3 Å².